The molecular formula is C41H61ClN2O6. The predicted octanol–water partition coefficient (Wildman–Crippen LogP) is 8.35. The van der Waals surface area contributed by atoms with Gasteiger partial charge in [-0.1, -0.05) is 48.5 Å². The van der Waals surface area contributed by atoms with Gasteiger partial charge in [0.15, 0.2) is 5.78 Å². The Kier molecular flexibility index (Phi) is 9.75. The van der Waals surface area contributed by atoms with Gasteiger partial charge in [0.25, 0.3) is 0 Å². The van der Waals surface area contributed by atoms with Gasteiger partial charge in [0.2, 0.25) is 0 Å². The smallest absolute Gasteiger partial charge is 0.309 e. The van der Waals surface area contributed by atoms with Gasteiger partial charge < -0.3 is 9.84 Å². The van der Waals surface area contributed by atoms with Crippen molar-refractivity contribution in [3.63, 3.8) is 0 Å². The first kappa shape index (κ1) is 38.7. The van der Waals surface area contributed by atoms with E-state index in [-0.39, 0.29) is 70.0 Å². The Morgan fingerprint density at radius 2 is 1.66 bits per heavy atom. The van der Waals surface area contributed by atoms with Crippen LogP contribution in [0.5, 0.6) is 0 Å². The second-order valence-electron chi connectivity index (χ2n) is 19.0. The number of allylic oxidation sites excluding steroid dienone is 2. The van der Waals surface area contributed by atoms with Crippen molar-refractivity contribution in [2.24, 2.45) is 63.2 Å². The molecule has 1 N–H and O–H groups in total. The summed E-state index contributed by atoms with van der Waals surface area (Å²) in [4.78, 5) is 53.2. The summed E-state index contributed by atoms with van der Waals surface area (Å²) >= 11 is 0. The summed E-state index contributed by atoms with van der Waals surface area (Å²) in [5.41, 5.74) is 0.939. The van der Waals surface area contributed by atoms with E-state index in [2.05, 4.69) is 53.6 Å². The second kappa shape index (κ2) is 12.6. The highest BCUT2D eigenvalue weighted by atomic mass is 35.5. The van der Waals surface area contributed by atoms with Crippen LogP contribution in [0, 0.1) is 56.2 Å². The second-order valence-corrected chi connectivity index (χ2v) is 19.0. The van der Waals surface area contributed by atoms with Crippen molar-refractivity contribution in [3.05, 3.63) is 29.1 Å². The van der Waals surface area contributed by atoms with Gasteiger partial charge in [0.05, 0.1) is 17.3 Å². The SMILES string of the molecule is CC(C)C1=C2[C@H]3CC[C@@H]4[C@@]5(C)CC[C@H](OC(=O)CC(C)(C)C(=O)O)C(C)(C)[C@@H]5CC[C@@]4(C)[C@]3(C)CC[C@@]2(C(=O)Cc2ccnn2C)CC1=O.Cl. The van der Waals surface area contributed by atoms with Crippen LogP contribution in [0.3, 0.4) is 0 Å². The molecule has 9 heteroatoms. The first-order valence-corrected chi connectivity index (χ1v) is 18.9. The lowest BCUT2D eigenvalue weighted by Gasteiger charge is -2.72. The third-order valence-electron chi connectivity index (χ3n) is 15.6. The summed E-state index contributed by atoms with van der Waals surface area (Å²) in [5.74, 6) is 0.0510. The van der Waals surface area contributed by atoms with E-state index in [4.69, 9.17) is 4.74 Å². The minimum atomic E-state index is -1.17. The summed E-state index contributed by atoms with van der Waals surface area (Å²) in [5, 5.41) is 13.9. The number of carbonyl (C=O) groups excluding carboxylic acids is 3. The highest BCUT2D eigenvalue weighted by molar-refractivity contribution is 6.07. The van der Waals surface area contributed by atoms with Crippen LogP contribution in [0.2, 0.25) is 0 Å². The maximum atomic E-state index is 14.5. The number of carboxylic acids is 1. The average Bonchev–Trinajstić information content (AvgIpc) is 3.54. The zero-order valence-electron chi connectivity index (χ0n) is 32.1. The van der Waals surface area contributed by atoms with E-state index in [0.29, 0.717) is 24.7 Å². The molecule has 6 rings (SSSR count). The van der Waals surface area contributed by atoms with E-state index >= 15 is 0 Å². The maximum Gasteiger partial charge on any atom is 0.309 e. The number of aliphatic carboxylic acids is 1. The Balaban J connectivity index is 0.00000486. The van der Waals surface area contributed by atoms with Crippen molar-refractivity contribution < 1.29 is 29.0 Å². The fourth-order valence-electron chi connectivity index (χ4n) is 12.7. The van der Waals surface area contributed by atoms with Crippen LogP contribution >= 0.6 is 12.4 Å². The molecule has 50 heavy (non-hydrogen) atoms. The molecule has 1 heterocycles. The summed E-state index contributed by atoms with van der Waals surface area (Å²) < 4.78 is 7.93. The van der Waals surface area contributed by atoms with Crippen molar-refractivity contribution in [1.82, 2.24) is 9.78 Å². The van der Waals surface area contributed by atoms with E-state index in [9.17, 15) is 24.3 Å². The van der Waals surface area contributed by atoms with E-state index in [1.54, 1.807) is 24.7 Å². The normalized spacial score (nSPS) is 37.6. The largest absolute Gasteiger partial charge is 0.481 e. The number of aromatic nitrogens is 2. The molecule has 1 aromatic rings. The number of Topliss-reactive ketones (excluding diaryl/α,β-unsaturated/α-hetero) is 2. The number of rotatable bonds is 8. The molecule has 8 nitrogen and oxygen atoms in total. The lowest BCUT2D eigenvalue weighted by Crippen LogP contribution is -2.66. The monoisotopic (exact) mass is 712 g/mol. The number of ether oxygens (including phenoxy) is 1. The molecule has 0 radical (unpaired) electrons. The van der Waals surface area contributed by atoms with Crippen LogP contribution in [0.25, 0.3) is 0 Å². The highest BCUT2D eigenvalue weighted by Gasteiger charge is 2.71. The predicted molar refractivity (Wildman–Crippen MR) is 195 cm³/mol. The van der Waals surface area contributed by atoms with Gasteiger partial charge in [0.1, 0.15) is 11.9 Å². The van der Waals surface area contributed by atoms with E-state index in [0.717, 1.165) is 62.6 Å². The molecule has 8 atom stereocenters. The topological polar surface area (TPSA) is 116 Å². The molecule has 5 aliphatic carbocycles. The Bertz CT molecular complexity index is 1610. The van der Waals surface area contributed by atoms with E-state index in [1.165, 1.54) is 5.57 Å². The number of aryl methyl sites for hydroxylation is 1. The summed E-state index contributed by atoms with van der Waals surface area (Å²) in [6.07, 6.45) is 9.53. The Hall–Kier alpha value is -2.48. The molecule has 5 aliphatic rings. The van der Waals surface area contributed by atoms with Crippen LogP contribution in [-0.4, -0.2) is 44.5 Å². The first-order valence-electron chi connectivity index (χ1n) is 18.9. The lowest BCUT2D eigenvalue weighted by atomic mass is 9.33. The van der Waals surface area contributed by atoms with Crippen molar-refractivity contribution in [1.29, 1.82) is 0 Å². The Labute approximate surface area is 305 Å². The Morgan fingerprint density at radius 3 is 2.26 bits per heavy atom. The number of esters is 1. The van der Waals surface area contributed by atoms with Crippen LogP contribution in [-0.2, 0) is 37.4 Å². The molecule has 1 aromatic heterocycles. The van der Waals surface area contributed by atoms with Crippen molar-refractivity contribution in [3.8, 4) is 0 Å². The summed E-state index contributed by atoms with van der Waals surface area (Å²) in [6, 6.07) is 1.92. The molecule has 4 fully saturated rings. The number of hydrogen-bond acceptors (Lipinski definition) is 6. The van der Waals surface area contributed by atoms with Crippen LogP contribution in [0.15, 0.2) is 23.4 Å². The molecule has 0 saturated heterocycles. The number of hydrogen-bond donors (Lipinski definition) is 1. The fourth-order valence-corrected chi connectivity index (χ4v) is 12.7. The number of ketones is 2. The van der Waals surface area contributed by atoms with Gasteiger partial charge in [0, 0.05) is 37.2 Å². The summed E-state index contributed by atoms with van der Waals surface area (Å²) in [7, 11) is 1.88. The highest BCUT2D eigenvalue weighted by Crippen LogP contribution is 2.76. The fraction of sp³-hybridized carbons (Fsp3) is 0.780. The van der Waals surface area contributed by atoms with Gasteiger partial charge in [-0.25, -0.2) is 0 Å². The minimum Gasteiger partial charge on any atom is -0.481 e. The third kappa shape index (κ3) is 5.46. The molecule has 4 saturated carbocycles. The average molecular weight is 713 g/mol. The Morgan fingerprint density at radius 1 is 0.980 bits per heavy atom. The number of carbonyl (C=O) groups is 4. The molecule has 0 amide bonds. The molecule has 278 valence electrons. The molecule has 0 unspecified atom stereocenters. The van der Waals surface area contributed by atoms with Gasteiger partial charge in [-0.3, -0.25) is 23.9 Å². The lowest BCUT2D eigenvalue weighted by molar-refractivity contribution is -0.233. The third-order valence-corrected chi connectivity index (χ3v) is 15.6. The van der Waals surface area contributed by atoms with Gasteiger partial charge >= 0.3 is 11.9 Å². The van der Waals surface area contributed by atoms with Crippen LogP contribution in [0.1, 0.15) is 132 Å². The standard InChI is InChI=1S/C41H60N2O6.ClH/c1-24(2)33-27(44)22-41(30(45)21-25-15-20-42-43(25)10)19-18-39(8)26(34(33)41)11-12-29-38(7)16-14-31(49-32(46)23-36(3,4)35(47)48)37(5,6)28(38)13-17-40(29,39)9;/h15,20,24,26,28-29,31H,11-14,16-19,21-23H2,1-10H3,(H,47,48);1H/t26-,28+,29-,31+,38+,39-,40-,41+;/m1./s1. The molecular weight excluding hydrogens is 652 g/mol. The molecule has 0 aromatic carbocycles. The quantitative estimate of drug-likeness (QED) is 0.269. The number of halogens is 1. The minimum absolute atomic E-state index is 0. The van der Waals surface area contributed by atoms with E-state index < -0.39 is 22.8 Å². The maximum absolute atomic E-state index is 14.5. The summed E-state index contributed by atoms with van der Waals surface area (Å²) in [6.45, 7) is 19.5. The number of carboxylic acid groups (broad SMARTS) is 1. The first-order chi connectivity index (χ1) is 22.7. The van der Waals surface area contributed by atoms with Crippen molar-refractivity contribution in [2.45, 2.75) is 139 Å². The van der Waals surface area contributed by atoms with Crippen molar-refractivity contribution >= 4 is 35.9 Å². The van der Waals surface area contributed by atoms with Crippen LogP contribution in [0.4, 0.5) is 0 Å². The molecule has 0 aliphatic heterocycles. The van der Waals surface area contributed by atoms with Crippen LogP contribution < -0.4 is 0 Å². The zero-order valence-corrected chi connectivity index (χ0v) is 32.9. The van der Waals surface area contributed by atoms with Gasteiger partial charge in [-0.05, 0) is 122 Å². The molecule has 0 spiro atoms. The van der Waals surface area contributed by atoms with Gasteiger partial charge in [-0.2, -0.15) is 5.10 Å². The van der Waals surface area contributed by atoms with Gasteiger partial charge in [-0.15, -0.1) is 12.4 Å². The van der Waals surface area contributed by atoms with Crippen molar-refractivity contribution in [2.75, 3.05) is 0 Å². The number of fused-ring (bicyclic) bond motifs is 7. The zero-order chi connectivity index (χ0) is 36.1. The van der Waals surface area contributed by atoms with E-state index in [1.807, 2.05) is 13.1 Å². The number of nitrogens with zero attached hydrogens (tertiary/aromatic N) is 2. The molecule has 0 bridgehead atoms.